The molecule has 2 atom stereocenters. The van der Waals surface area contributed by atoms with Gasteiger partial charge in [-0.05, 0) is 36.1 Å². The standard InChI is InChI=1S/C21H23N3O2S2/c25-18(23-8-7-14-4-1-2-5-15(14)10-23)11-24-13-22-20-19(21(24)26)16(12-28-20)17-6-3-9-27-17/h3,6,9,12-15H,1-2,4-5,7-8,10-11H2/t14-,15-/m1/s1. The molecule has 2 fully saturated rings. The number of thiophene rings is 2. The summed E-state index contributed by atoms with van der Waals surface area (Å²) in [4.78, 5) is 34.3. The molecule has 5 nitrogen and oxygen atoms in total. The van der Waals surface area contributed by atoms with Crippen molar-refractivity contribution in [3.8, 4) is 10.4 Å². The first-order valence-corrected chi connectivity index (χ1v) is 11.7. The van der Waals surface area contributed by atoms with Gasteiger partial charge in [0.25, 0.3) is 5.56 Å². The summed E-state index contributed by atoms with van der Waals surface area (Å²) in [6, 6.07) is 4.00. The van der Waals surface area contributed by atoms with E-state index in [2.05, 4.69) is 4.98 Å². The Labute approximate surface area is 171 Å². The number of carbonyl (C=O) groups is 1. The van der Waals surface area contributed by atoms with Crippen LogP contribution in [0.4, 0.5) is 0 Å². The number of nitrogens with zero attached hydrogens (tertiary/aromatic N) is 3. The Morgan fingerprint density at radius 1 is 1.18 bits per heavy atom. The smallest absolute Gasteiger partial charge is 0.263 e. The third-order valence-electron chi connectivity index (χ3n) is 6.30. The van der Waals surface area contributed by atoms with E-state index < -0.39 is 0 Å². The molecule has 1 aliphatic carbocycles. The van der Waals surface area contributed by atoms with Crippen molar-refractivity contribution in [2.24, 2.45) is 11.8 Å². The van der Waals surface area contributed by atoms with Crippen LogP contribution in [0.3, 0.4) is 0 Å². The summed E-state index contributed by atoms with van der Waals surface area (Å²) in [6.07, 6.45) is 7.81. The van der Waals surface area contributed by atoms with Crippen LogP contribution in [-0.4, -0.2) is 33.4 Å². The summed E-state index contributed by atoms with van der Waals surface area (Å²) in [5.74, 6) is 1.48. The Bertz CT molecular complexity index is 1050. The van der Waals surface area contributed by atoms with E-state index in [4.69, 9.17) is 0 Å². The highest BCUT2D eigenvalue weighted by atomic mass is 32.1. The molecule has 0 radical (unpaired) electrons. The Hall–Kier alpha value is -1.99. The Morgan fingerprint density at radius 2 is 2.04 bits per heavy atom. The van der Waals surface area contributed by atoms with Gasteiger partial charge in [-0.25, -0.2) is 4.98 Å². The zero-order valence-corrected chi connectivity index (χ0v) is 17.3. The lowest BCUT2D eigenvalue weighted by molar-refractivity contribution is -0.135. The van der Waals surface area contributed by atoms with Gasteiger partial charge in [0, 0.05) is 28.9 Å². The fraction of sp³-hybridized carbons (Fsp3) is 0.476. The highest BCUT2D eigenvalue weighted by Crippen LogP contribution is 2.36. The highest BCUT2D eigenvalue weighted by Gasteiger charge is 2.33. The van der Waals surface area contributed by atoms with Crippen LogP contribution in [0, 0.1) is 11.8 Å². The first-order chi connectivity index (χ1) is 13.7. The molecular formula is C21H23N3O2S2. The number of hydrogen-bond donors (Lipinski definition) is 0. The summed E-state index contributed by atoms with van der Waals surface area (Å²) in [7, 11) is 0. The maximum absolute atomic E-state index is 13.1. The van der Waals surface area contributed by atoms with Gasteiger partial charge in [0.15, 0.2) is 0 Å². The van der Waals surface area contributed by atoms with E-state index in [1.165, 1.54) is 47.9 Å². The second-order valence-electron chi connectivity index (χ2n) is 7.92. The fourth-order valence-corrected chi connectivity index (χ4v) is 6.49. The molecule has 4 heterocycles. The van der Waals surface area contributed by atoms with E-state index in [-0.39, 0.29) is 18.0 Å². The molecule has 7 heteroatoms. The van der Waals surface area contributed by atoms with Crippen molar-refractivity contribution in [3.63, 3.8) is 0 Å². The van der Waals surface area contributed by atoms with Gasteiger partial charge in [-0.1, -0.05) is 25.3 Å². The molecular weight excluding hydrogens is 390 g/mol. The first kappa shape index (κ1) is 18.1. The van der Waals surface area contributed by atoms with E-state index in [0.717, 1.165) is 40.7 Å². The number of aromatic nitrogens is 2. The Kier molecular flexibility index (Phi) is 4.80. The topological polar surface area (TPSA) is 55.2 Å². The van der Waals surface area contributed by atoms with E-state index in [0.29, 0.717) is 11.3 Å². The number of piperidine rings is 1. The highest BCUT2D eigenvalue weighted by molar-refractivity contribution is 7.18. The molecule has 0 unspecified atom stereocenters. The summed E-state index contributed by atoms with van der Waals surface area (Å²) in [5.41, 5.74) is 0.813. The second kappa shape index (κ2) is 7.44. The number of rotatable bonds is 3. The predicted octanol–water partition coefficient (Wildman–Crippen LogP) is 4.23. The number of likely N-dealkylation sites (tertiary alicyclic amines) is 1. The van der Waals surface area contributed by atoms with Crippen molar-refractivity contribution in [2.75, 3.05) is 13.1 Å². The third-order valence-corrected chi connectivity index (χ3v) is 8.09. The monoisotopic (exact) mass is 413 g/mol. The summed E-state index contributed by atoms with van der Waals surface area (Å²) >= 11 is 3.09. The molecule has 0 bridgehead atoms. The van der Waals surface area contributed by atoms with Crippen molar-refractivity contribution < 1.29 is 4.79 Å². The fourth-order valence-electron chi connectivity index (χ4n) is 4.77. The van der Waals surface area contributed by atoms with E-state index in [1.54, 1.807) is 11.3 Å². The molecule has 146 valence electrons. The van der Waals surface area contributed by atoms with Gasteiger partial charge in [-0.15, -0.1) is 22.7 Å². The van der Waals surface area contributed by atoms with Crippen molar-refractivity contribution in [1.82, 2.24) is 14.5 Å². The van der Waals surface area contributed by atoms with Gasteiger partial charge in [-0.3, -0.25) is 14.2 Å². The maximum atomic E-state index is 13.1. The van der Waals surface area contributed by atoms with Crippen molar-refractivity contribution in [1.29, 1.82) is 0 Å². The molecule has 28 heavy (non-hydrogen) atoms. The molecule has 1 aliphatic heterocycles. The van der Waals surface area contributed by atoms with Crippen molar-refractivity contribution in [3.05, 3.63) is 39.6 Å². The average molecular weight is 414 g/mol. The molecule has 3 aromatic rings. The number of carbonyl (C=O) groups excluding carboxylic acids is 1. The van der Waals surface area contributed by atoms with Crippen molar-refractivity contribution >= 4 is 38.8 Å². The van der Waals surface area contributed by atoms with Crippen LogP contribution in [0.25, 0.3) is 20.7 Å². The molecule has 0 N–H and O–H groups in total. The lowest BCUT2D eigenvalue weighted by Gasteiger charge is -2.41. The largest absolute Gasteiger partial charge is 0.341 e. The number of fused-ring (bicyclic) bond motifs is 2. The summed E-state index contributed by atoms with van der Waals surface area (Å²) in [5, 5.41) is 4.63. The average Bonchev–Trinajstić information content (AvgIpc) is 3.39. The molecule has 1 saturated heterocycles. The minimum absolute atomic E-state index is 0.0418. The number of hydrogen-bond acceptors (Lipinski definition) is 5. The minimum atomic E-state index is -0.115. The Morgan fingerprint density at radius 3 is 2.86 bits per heavy atom. The first-order valence-electron chi connectivity index (χ1n) is 9.99. The van der Waals surface area contributed by atoms with E-state index >= 15 is 0 Å². The van der Waals surface area contributed by atoms with Crippen LogP contribution in [0.1, 0.15) is 32.1 Å². The predicted molar refractivity (Wildman–Crippen MR) is 114 cm³/mol. The third kappa shape index (κ3) is 3.20. The maximum Gasteiger partial charge on any atom is 0.263 e. The molecule has 0 spiro atoms. The Balaban J connectivity index is 1.39. The lowest BCUT2D eigenvalue weighted by atomic mass is 9.75. The van der Waals surface area contributed by atoms with Gasteiger partial charge in [0.1, 0.15) is 11.4 Å². The van der Waals surface area contributed by atoms with Crippen LogP contribution < -0.4 is 5.56 Å². The molecule has 5 rings (SSSR count). The van der Waals surface area contributed by atoms with Gasteiger partial charge in [-0.2, -0.15) is 0 Å². The summed E-state index contributed by atoms with van der Waals surface area (Å²) < 4.78 is 1.49. The van der Waals surface area contributed by atoms with Crippen molar-refractivity contribution in [2.45, 2.75) is 38.6 Å². The SMILES string of the molecule is O=C(Cn1cnc2scc(-c3cccs3)c2c1=O)N1CC[C@H]2CCCC[C@@H]2C1. The van der Waals surface area contributed by atoms with Gasteiger partial charge in [0.05, 0.1) is 11.7 Å². The normalized spacial score (nSPS) is 22.4. The summed E-state index contributed by atoms with van der Waals surface area (Å²) in [6.45, 7) is 1.76. The quantitative estimate of drug-likeness (QED) is 0.646. The van der Waals surface area contributed by atoms with Crippen LogP contribution in [-0.2, 0) is 11.3 Å². The number of amides is 1. The second-order valence-corrected chi connectivity index (χ2v) is 9.72. The molecule has 0 aromatic carbocycles. The van der Waals surface area contributed by atoms with E-state index in [1.807, 2.05) is 27.8 Å². The van der Waals surface area contributed by atoms with Gasteiger partial charge in [0.2, 0.25) is 5.91 Å². The van der Waals surface area contributed by atoms with Crippen LogP contribution in [0.2, 0.25) is 0 Å². The van der Waals surface area contributed by atoms with Crippen LogP contribution in [0.5, 0.6) is 0 Å². The van der Waals surface area contributed by atoms with Gasteiger partial charge >= 0.3 is 0 Å². The molecule has 1 amide bonds. The minimum Gasteiger partial charge on any atom is -0.341 e. The molecule has 2 aliphatic rings. The van der Waals surface area contributed by atoms with Crippen LogP contribution in [0.15, 0.2) is 34.0 Å². The molecule has 1 saturated carbocycles. The zero-order valence-electron chi connectivity index (χ0n) is 15.7. The lowest BCUT2D eigenvalue weighted by Crippen LogP contribution is -2.46. The van der Waals surface area contributed by atoms with E-state index in [9.17, 15) is 9.59 Å². The van der Waals surface area contributed by atoms with Gasteiger partial charge < -0.3 is 4.90 Å². The molecule has 3 aromatic heterocycles. The zero-order chi connectivity index (χ0) is 19.1. The van der Waals surface area contributed by atoms with Crippen LogP contribution >= 0.6 is 22.7 Å².